The number of halogens is 4. The number of rotatable bonds is 3. The van der Waals surface area contributed by atoms with E-state index in [1.54, 1.807) is 7.11 Å². The topological polar surface area (TPSA) is 9.23 Å². The maximum Gasteiger partial charge on any atom is 0.137 e. The maximum atomic E-state index is 6.12. The van der Waals surface area contributed by atoms with Crippen molar-refractivity contribution in [1.29, 1.82) is 0 Å². The molecule has 19 heavy (non-hydrogen) atoms. The van der Waals surface area contributed by atoms with Gasteiger partial charge in [0, 0.05) is 15.1 Å². The molecule has 0 radical (unpaired) electrons. The van der Waals surface area contributed by atoms with Crippen molar-refractivity contribution in [1.82, 2.24) is 0 Å². The van der Waals surface area contributed by atoms with Crippen LogP contribution in [0.25, 0.3) is 0 Å². The monoisotopic (exact) mass is 466 g/mol. The molecular weight excluding hydrogens is 459 g/mol. The Labute approximate surface area is 142 Å². The van der Waals surface area contributed by atoms with Crippen molar-refractivity contribution in [2.45, 2.75) is 4.83 Å². The molecule has 1 atom stereocenters. The van der Waals surface area contributed by atoms with Crippen molar-refractivity contribution < 1.29 is 4.74 Å². The van der Waals surface area contributed by atoms with Gasteiger partial charge in [-0.05, 0) is 45.8 Å². The molecule has 0 aliphatic rings. The van der Waals surface area contributed by atoms with Gasteiger partial charge in [-0.1, -0.05) is 55.6 Å². The van der Waals surface area contributed by atoms with Crippen molar-refractivity contribution in [2.75, 3.05) is 7.11 Å². The second-order valence-corrected chi connectivity index (χ2v) is 7.05. The average molecular weight is 469 g/mol. The molecule has 0 N–H and O–H groups in total. The Morgan fingerprint density at radius 1 is 1.11 bits per heavy atom. The fourth-order valence-corrected chi connectivity index (χ4v) is 3.70. The van der Waals surface area contributed by atoms with E-state index >= 15 is 0 Å². The lowest BCUT2D eigenvalue weighted by Gasteiger charge is -2.16. The fraction of sp³-hybridized carbons (Fsp3) is 0.143. The van der Waals surface area contributed by atoms with Gasteiger partial charge in [-0.2, -0.15) is 0 Å². The molecule has 0 fully saturated rings. The number of ether oxygens (including phenoxy) is 1. The van der Waals surface area contributed by atoms with Gasteiger partial charge in [-0.3, -0.25) is 0 Å². The second kappa shape index (κ2) is 6.61. The van der Waals surface area contributed by atoms with Crippen LogP contribution in [0.15, 0.2) is 45.3 Å². The maximum absolute atomic E-state index is 6.12. The summed E-state index contributed by atoms with van der Waals surface area (Å²) in [6.07, 6.45) is 0. The van der Waals surface area contributed by atoms with Crippen LogP contribution in [-0.2, 0) is 0 Å². The van der Waals surface area contributed by atoms with E-state index in [2.05, 4.69) is 59.9 Å². The summed E-state index contributed by atoms with van der Waals surface area (Å²) in [5.74, 6) is 0.786. The number of methoxy groups -OCH3 is 1. The first-order valence-electron chi connectivity index (χ1n) is 5.45. The molecule has 1 unspecified atom stereocenters. The molecule has 2 aromatic carbocycles. The van der Waals surface area contributed by atoms with Crippen molar-refractivity contribution >= 4 is 59.4 Å². The molecule has 0 amide bonds. The van der Waals surface area contributed by atoms with Crippen LogP contribution in [0.4, 0.5) is 0 Å². The van der Waals surface area contributed by atoms with Gasteiger partial charge < -0.3 is 4.74 Å². The SMILES string of the molecule is COc1c(Br)cc(Cl)cc1C(Br)c1ccc(Br)cc1. The molecule has 100 valence electrons. The molecule has 0 aromatic heterocycles. The largest absolute Gasteiger partial charge is 0.495 e. The summed E-state index contributed by atoms with van der Waals surface area (Å²) in [4.78, 5) is 0.0190. The van der Waals surface area contributed by atoms with Gasteiger partial charge in [0.05, 0.1) is 16.4 Å². The van der Waals surface area contributed by atoms with Gasteiger partial charge in [0.15, 0.2) is 0 Å². The minimum absolute atomic E-state index is 0.0190. The minimum atomic E-state index is 0.0190. The lowest BCUT2D eigenvalue weighted by Crippen LogP contribution is -1.98. The molecule has 0 aliphatic heterocycles. The highest BCUT2D eigenvalue weighted by Gasteiger charge is 2.18. The molecule has 2 rings (SSSR count). The van der Waals surface area contributed by atoms with Crippen LogP contribution in [0.2, 0.25) is 5.02 Å². The molecule has 0 bridgehead atoms. The van der Waals surface area contributed by atoms with Crippen LogP contribution < -0.4 is 4.74 Å². The van der Waals surface area contributed by atoms with Gasteiger partial charge in [0.2, 0.25) is 0 Å². The van der Waals surface area contributed by atoms with E-state index < -0.39 is 0 Å². The quantitative estimate of drug-likeness (QED) is 0.476. The summed E-state index contributed by atoms with van der Waals surface area (Å²) in [6, 6.07) is 11.9. The standard InChI is InChI=1S/C14H10Br3ClO/c1-19-14-11(6-10(18)7-12(14)16)13(17)8-2-4-9(15)5-3-8/h2-7,13H,1H3. The molecule has 0 heterocycles. The Balaban J connectivity index is 2.48. The third-order valence-electron chi connectivity index (χ3n) is 2.68. The Morgan fingerprint density at radius 2 is 1.74 bits per heavy atom. The molecule has 0 spiro atoms. The van der Waals surface area contributed by atoms with Crippen molar-refractivity contribution in [3.8, 4) is 5.75 Å². The van der Waals surface area contributed by atoms with Crippen molar-refractivity contribution in [3.63, 3.8) is 0 Å². The summed E-state index contributed by atoms with van der Waals surface area (Å²) in [6.45, 7) is 0. The first-order chi connectivity index (χ1) is 9.02. The summed E-state index contributed by atoms with van der Waals surface area (Å²) in [7, 11) is 1.65. The second-order valence-electron chi connectivity index (χ2n) is 3.92. The zero-order valence-corrected chi connectivity index (χ0v) is 15.5. The molecule has 0 saturated heterocycles. The third kappa shape index (κ3) is 3.54. The van der Waals surface area contributed by atoms with Crippen LogP contribution >= 0.6 is 59.4 Å². The molecule has 1 nitrogen and oxygen atoms in total. The van der Waals surface area contributed by atoms with Crippen molar-refractivity contribution in [3.05, 3.63) is 61.5 Å². The number of alkyl halides is 1. The van der Waals surface area contributed by atoms with E-state index in [-0.39, 0.29) is 4.83 Å². The molecule has 0 saturated carbocycles. The van der Waals surface area contributed by atoms with Crippen LogP contribution in [0, 0.1) is 0 Å². The Kier molecular flexibility index (Phi) is 5.35. The van der Waals surface area contributed by atoms with E-state index in [9.17, 15) is 0 Å². The van der Waals surface area contributed by atoms with Crippen LogP contribution in [0.5, 0.6) is 5.75 Å². The highest BCUT2D eigenvalue weighted by molar-refractivity contribution is 9.11. The van der Waals surface area contributed by atoms with Gasteiger partial charge in [0.1, 0.15) is 5.75 Å². The molecular formula is C14H10Br3ClO. The highest BCUT2D eigenvalue weighted by Crippen LogP contribution is 2.42. The summed E-state index contributed by atoms with van der Waals surface area (Å²) in [5.41, 5.74) is 2.12. The van der Waals surface area contributed by atoms with Crippen LogP contribution in [0.3, 0.4) is 0 Å². The Hall–Kier alpha value is -0.0300. The van der Waals surface area contributed by atoms with E-state index in [4.69, 9.17) is 16.3 Å². The lowest BCUT2D eigenvalue weighted by atomic mass is 10.0. The predicted molar refractivity (Wildman–Crippen MR) is 90.6 cm³/mol. The zero-order chi connectivity index (χ0) is 14.0. The summed E-state index contributed by atoms with van der Waals surface area (Å²) < 4.78 is 7.35. The van der Waals surface area contributed by atoms with E-state index in [1.807, 2.05) is 24.3 Å². The van der Waals surface area contributed by atoms with Gasteiger partial charge in [0.25, 0.3) is 0 Å². The number of hydrogen-bond donors (Lipinski definition) is 0. The van der Waals surface area contributed by atoms with Crippen LogP contribution in [0.1, 0.15) is 16.0 Å². The van der Waals surface area contributed by atoms with Gasteiger partial charge in [-0.15, -0.1) is 0 Å². The van der Waals surface area contributed by atoms with E-state index in [0.29, 0.717) is 5.02 Å². The van der Waals surface area contributed by atoms with Gasteiger partial charge >= 0.3 is 0 Å². The molecule has 2 aromatic rings. The number of benzene rings is 2. The highest BCUT2D eigenvalue weighted by atomic mass is 79.9. The number of hydrogen-bond acceptors (Lipinski definition) is 1. The first-order valence-corrected chi connectivity index (χ1v) is 8.33. The van der Waals surface area contributed by atoms with Crippen LogP contribution in [-0.4, -0.2) is 7.11 Å². The van der Waals surface area contributed by atoms with E-state index in [1.165, 1.54) is 0 Å². The molecule has 5 heteroatoms. The average Bonchev–Trinajstić information content (AvgIpc) is 2.38. The normalized spacial score (nSPS) is 12.3. The predicted octanol–water partition coefficient (Wildman–Crippen LogP) is 6.36. The Morgan fingerprint density at radius 3 is 2.32 bits per heavy atom. The summed E-state index contributed by atoms with van der Waals surface area (Å²) >= 11 is 16.7. The Bertz CT molecular complexity index is 584. The first kappa shape index (κ1) is 15.4. The fourth-order valence-electron chi connectivity index (χ4n) is 1.80. The van der Waals surface area contributed by atoms with Gasteiger partial charge in [-0.25, -0.2) is 0 Å². The minimum Gasteiger partial charge on any atom is -0.495 e. The zero-order valence-electron chi connectivity index (χ0n) is 9.96. The summed E-state index contributed by atoms with van der Waals surface area (Å²) in [5, 5.41) is 0.671. The third-order valence-corrected chi connectivity index (χ3v) is 5.03. The van der Waals surface area contributed by atoms with E-state index in [0.717, 1.165) is 25.8 Å². The van der Waals surface area contributed by atoms with Crippen molar-refractivity contribution in [2.24, 2.45) is 0 Å². The lowest BCUT2D eigenvalue weighted by molar-refractivity contribution is 0.408. The molecule has 0 aliphatic carbocycles. The smallest absolute Gasteiger partial charge is 0.137 e.